The monoisotopic (exact) mass is 241 g/mol. The number of ether oxygens (including phenoxy) is 1. The topological polar surface area (TPSA) is 49.8 Å². The number of hydrogen-bond donors (Lipinski definition) is 1. The molecule has 1 atom stereocenters. The van der Waals surface area contributed by atoms with Gasteiger partial charge in [0.25, 0.3) is 0 Å². The standard InChI is InChI=1S/C12H16FNO3/c1-9(12(15)16)14(2)7-8-17-11-6-4-3-5-10(11)13/h3-6,9H,7-8H2,1-2H3,(H,15,16)/t9-/m1/s1. The molecule has 0 aliphatic rings. The van der Waals surface area contributed by atoms with E-state index in [1.807, 2.05) is 0 Å². The van der Waals surface area contributed by atoms with Gasteiger partial charge in [-0.1, -0.05) is 12.1 Å². The predicted octanol–water partition coefficient (Wildman–Crippen LogP) is 1.61. The van der Waals surface area contributed by atoms with Crippen LogP contribution in [0.15, 0.2) is 24.3 Å². The number of rotatable bonds is 6. The summed E-state index contributed by atoms with van der Waals surface area (Å²) >= 11 is 0. The highest BCUT2D eigenvalue weighted by atomic mass is 19.1. The summed E-state index contributed by atoms with van der Waals surface area (Å²) in [6, 6.07) is 5.54. The highest BCUT2D eigenvalue weighted by Crippen LogP contribution is 2.15. The molecule has 1 aromatic carbocycles. The Morgan fingerprint density at radius 3 is 2.76 bits per heavy atom. The molecule has 0 bridgehead atoms. The Balaban J connectivity index is 2.38. The van der Waals surface area contributed by atoms with Crippen LogP contribution in [0.1, 0.15) is 6.92 Å². The fraction of sp³-hybridized carbons (Fsp3) is 0.417. The largest absolute Gasteiger partial charge is 0.489 e. The molecule has 5 heteroatoms. The quantitative estimate of drug-likeness (QED) is 0.822. The van der Waals surface area contributed by atoms with E-state index >= 15 is 0 Å². The SMILES string of the molecule is C[C@H](C(=O)O)N(C)CCOc1ccccc1F. The van der Waals surface area contributed by atoms with E-state index in [2.05, 4.69) is 0 Å². The van der Waals surface area contributed by atoms with E-state index in [0.717, 1.165) is 0 Å². The van der Waals surface area contributed by atoms with Crippen molar-refractivity contribution >= 4 is 5.97 Å². The first kappa shape index (κ1) is 13.4. The lowest BCUT2D eigenvalue weighted by molar-refractivity contribution is -0.142. The zero-order valence-corrected chi connectivity index (χ0v) is 9.89. The van der Waals surface area contributed by atoms with Crippen LogP contribution in [0.2, 0.25) is 0 Å². The van der Waals surface area contributed by atoms with E-state index in [0.29, 0.717) is 6.54 Å². The molecule has 0 aliphatic carbocycles. The van der Waals surface area contributed by atoms with Gasteiger partial charge < -0.3 is 9.84 Å². The zero-order valence-electron chi connectivity index (χ0n) is 9.89. The third kappa shape index (κ3) is 4.03. The Bertz CT molecular complexity index is 384. The number of aliphatic carboxylic acids is 1. The van der Waals surface area contributed by atoms with Gasteiger partial charge in [0.05, 0.1) is 0 Å². The van der Waals surface area contributed by atoms with Gasteiger partial charge in [-0.15, -0.1) is 0 Å². The molecule has 0 heterocycles. The number of halogens is 1. The second-order valence-electron chi connectivity index (χ2n) is 3.77. The van der Waals surface area contributed by atoms with Crippen LogP contribution in [0.5, 0.6) is 5.75 Å². The van der Waals surface area contributed by atoms with Crippen LogP contribution in [-0.4, -0.2) is 42.2 Å². The highest BCUT2D eigenvalue weighted by Gasteiger charge is 2.16. The van der Waals surface area contributed by atoms with Crippen molar-refractivity contribution in [3.8, 4) is 5.75 Å². The molecule has 0 aromatic heterocycles. The lowest BCUT2D eigenvalue weighted by atomic mass is 10.3. The minimum absolute atomic E-state index is 0.184. The van der Waals surface area contributed by atoms with Gasteiger partial charge in [-0.25, -0.2) is 4.39 Å². The summed E-state index contributed by atoms with van der Waals surface area (Å²) in [6.07, 6.45) is 0. The van der Waals surface area contributed by atoms with Crippen molar-refractivity contribution in [1.29, 1.82) is 0 Å². The fourth-order valence-electron chi connectivity index (χ4n) is 1.24. The van der Waals surface area contributed by atoms with E-state index in [4.69, 9.17) is 9.84 Å². The minimum Gasteiger partial charge on any atom is -0.489 e. The van der Waals surface area contributed by atoms with E-state index in [1.165, 1.54) is 12.1 Å². The zero-order chi connectivity index (χ0) is 12.8. The van der Waals surface area contributed by atoms with Gasteiger partial charge in [0, 0.05) is 6.54 Å². The summed E-state index contributed by atoms with van der Waals surface area (Å²) in [5, 5.41) is 8.77. The number of carboxylic acids is 1. The summed E-state index contributed by atoms with van der Waals surface area (Å²) in [6.45, 7) is 2.25. The van der Waals surface area contributed by atoms with Crippen molar-refractivity contribution in [3.63, 3.8) is 0 Å². The van der Waals surface area contributed by atoms with Gasteiger partial charge in [-0.05, 0) is 26.1 Å². The van der Waals surface area contributed by atoms with Crippen molar-refractivity contribution in [2.75, 3.05) is 20.2 Å². The Morgan fingerprint density at radius 1 is 1.53 bits per heavy atom. The smallest absolute Gasteiger partial charge is 0.320 e. The first-order valence-corrected chi connectivity index (χ1v) is 5.32. The van der Waals surface area contributed by atoms with Gasteiger partial charge in [0.1, 0.15) is 12.6 Å². The van der Waals surface area contributed by atoms with Crippen LogP contribution in [0.3, 0.4) is 0 Å². The summed E-state index contributed by atoms with van der Waals surface area (Å²) in [4.78, 5) is 12.3. The summed E-state index contributed by atoms with van der Waals surface area (Å²) in [5.74, 6) is -1.12. The lowest BCUT2D eigenvalue weighted by Gasteiger charge is -2.20. The Kier molecular flexibility index (Phi) is 4.90. The molecular weight excluding hydrogens is 225 g/mol. The molecule has 0 radical (unpaired) electrons. The summed E-state index contributed by atoms with van der Waals surface area (Å²) < 4.78 is 18.4. The third-order valence-corrected chi connectivity index (χ3v) is 2.56. The summed E-state index contributed by atoms with van der Waals surface area (Å²) in [7, 11) is 1.68. The fourth-order valence-corrected chi connectivity index (χ4v) is 1.24. The maximum Gasteiger partial charge on any atom is 0.320 e. The normalized spacial score (nSPS) is 12.5. The number of carbonyl (C=O) groups is 1. The Hall–Kier alpha value is -1.62. The number of likely N-dealkylation sites (N-methyl/N-ethyl adjacent to an activating group) is 1. The molecule has 4 nitrogen and oxygen atoms in total. The molecule has 0 aliphatic heterocycles. The van der Waals surface area contributed by atoms with Crippen LogP contribution in [-0.2, 0) is 4.79 Å². The van der Waals surface area contributed by atoms with E-state index in [9.17, 15) is 9.18 Å². The van der Waals surface area contributed by atoms with Crippen molar-refractivity contribution in [2.45, 2.75) is 13.0 Å². The molecule has 0 unspecified atom stereocenters. The van der Waals surface area contributed by atoms with Crippen molar-refractivity contribution in [1.82, 2.24) is 4.90 Å². The number of para-hydroxylation sites is 1. The van der Waals surface area contributed by atoms with Gasteiger partial charge in [0.15, 0.2) is 11.6 Å². The van der Waals surface area contributed by atoms with E-state index in [-0.39, 0.29) is 12.4 Å². The molecule has 0 spiro atoms. The molecule has 17 heavy (non-hydrogen) atoms. The molecule has 1 rings (SSSR count). The average molecular weight is 241 g/mol. The van der Waals surface area contributed by atoms with Crippen LogP contribution < -0.4 is 4.74 Å². The Morgan fingerprint density at radius 2 is 2.18 bits per heavy atom. The molecular formula is C12H16FNO3. The molecule has 0 saturated heterocycles. The van der Waals surface area contributed by atoms with Gasteiger partial charge in [-0.3, -0.25) is 9.69 Å². The molecule has 0 saturated carbocycles. The van der Waals surface area contributed by atoms with Crippen molar-refractivity contribution in [2.24, 2.45) is 0 Å². The molecule has 0 fully saturated rings. The predicted molar refractivity (Wildman–Crippen MR) is 61.6 cm³/mol. The van der Waals surface area contributed by atoms with Crippen LogP contribution in [0.25, 0.3) is 0 Å². The van der Waals surface area contributed by atoms with Gasteiger partial charge >= 0.3 is 5.97 Å². The third-order valence-electron chi connectivity index (χ3n) is 2.56. The van der Waals surface area contributed by atoms with Crippen molar-refractivity contribution < 1.29 is 19.0 Å². The first-order chi connectivity index (χ1) is 8.02. The van der Waals surface area contributed by atoms with E-state index in [1.54, 1.807) is 31.0 Å². The van der Waals surface area contributed by atoms with Crippen LogP contribution >= 0.6 is 0 Å². The second-order valence-corrected chi connectivity index (χ2v) is 3.77. The average Bonchev–Trinajstić information content (AvgIpc) is 2.30. The maximum absolute atomic E-state index is 13.2. The number of nitrogens with zero attached hydrogens (tertiary/aromatic N) is 1. The summed E-state index contributed by atoms with van der Waals surface area (Å²) in [5.41, 5.74) is 0. The molecule has 94 valence electrons. The minimum atomic E-state index is -0.890. The second kappa shape index (κ2) is 6.20. The van der Waals surface area contributed by atoms with Gasteiger partial charge in [0.2, 0.25) is 0 Å². The highest BCUT2D eigenvalue weighted by molar-refractivity contribution is 5.72. The number of hydrogen-bond acceptors (Lipinski definition) is 3. The number of benzene rings is 1. The van der Waals surface area contributed by atoms with Crippen LogP contribution in [0.4, 0.5) is 4.39 Å². The maximum atomic E-state index is 13.2. The molecule has 0 amide bonds. The lowest BCUT2D eigenvalue weighted by Crippen LogP contribution is -2.38. The van der Waals surface area contributed by atoms with Crippen LogP contribution in [0, 0.1) is 5.82 Å². The number of carboxylic acid groups (broad SMARTS) is 1. The van der Waals surface area contributed by atoms with Crippen molar-refractivity contribution in [3.05, 3.63) is 30.1 Å². The van der Waals surface area contributed by atoms with E-state index < -0.39 is 17.8 Å². The Labute approximate surface area is 99.6 Å². The van der Waals surface area contributed by atoms with Gasteiger partial charge in [-0.2, -0.15) is 0 Å². The molecule has 1 aromatic rings. The first-order valence-electron chi connectivity index (χ1n) is 5.32. The molecule has 1 N–H and O–H groups in total.